The summed E-state index contributed by atoms with van der Waals surface area (Å²) in [6, 6.07) is 9.35. The van der Waals surface area contributed by atoms with Crippen LogP contribution < -0.4 is 20.1 Å². The van der Waals surface area contributed by atoms with Crippen molar-refractivity contribution in [2.45, 2.75) is 13.8 Å². The zero-order valence-electron chi connectivity index (χ0n) is 15.5. The lowest BCUT2D eigenvalue weighted by atomic mass is 10.1. The number of nitrogens with zero attached hydrogens (tertiary/aromatic N) is 3. The molecule has 0 aliphatic carbocycles. The highest BCUT2D eigenvalue weighted by Gasteiger charge is 2.10. The number of benzene rings is 2. The number of hydrogen-bond acceptors (Lipinski definition) is 7. The van der Waals surface area contributed by atoms with Crippen molar-refractivity contribution >= 4 is 34.7 Å². The van der Waals surface area contributed by atoms with Gasteiger partial charge in [-0.3, -0.25) is 0 Å². The number of anilines is 4. The van der Waals surface area contributed by atoms with Gasteiger partial charge in [0.25, 0.3) is 0 Å². The van der Waals surface area contributed by atoms with Crippen molar-refractivity contribution in [2.24, 2.45) is 0 Å². The third-order valence-electron chi connectivity index (χ3n) is 3.90. The number of rotatable bonds is 6. The molecular formula is C19H20ClN5O2. The molecule has 8 heteroatoms. The van der Waals surface area contributed by atoms with Gasteiger partial charge in [-0.1, -0.05) is 17.7 Å². The summed E-state index contributed by atoms with van der Waals surface area (Å²) in [4.78, 5) is 4.44. The highest BCUT2D eigenvalue weighted by Crippen LogP contribution is 2.32. The van der Waals surface area contributed by atoms with E-state index in [-0.39, 0.29) is 0 Å². The van der Waals surface area contributed by atoms with Crippen molar-refractivity contribution in [3.05, 3.63) is 52.7 Å². The van der Waals surface area contributed by atoms with Gasteiger partial charge in [-0.15, -0.1) is 5.10 Å². The van der Waals surface area contributed by atoms with E-state index >= 15 is 0 Å². The summed E-state index contributed by atoms with van der Waals surface area (Å²) in [5.74, 6) is 2.14. The Morgan fingerprint density at radius 1 is 1.00 bits per heavy atom. The molecule has 0 unspecified atom stereocenters. The number of ether oxygens (including phenoxy) is 2. The van der Waals surface area contributed by atoms with E-state index in [0.717, 1.165) is 16.8 Å². The first kappa shape index (κ1) is 18.7. The molecule has 7 nitrogen and oxygen atoms in total. The summed E-state index contributed by atoms with van der Waals surface area (Å²) < 4.78 is 10.6. The molecule has 3 aromatic rings. The SMILES string of the molecule is COc1ccc(Nc2nncc(Nc3c(C)cc(C)cc3Cl)n2)c(OC)c1. The van der Waals surface area contributed by atoms with Gasteiger partial charge in [0.05, 0.1) is 36.8 Å². The number of halogens is 1. The molecule has 0 bridgehead atoms. The number of aryl methyl sites for hydroxylation is 2. The Morgan fingerprint density at radius 3 is 2.52 bits per heavy atom. The largest absolute Gasteiger partial charge is 0.497 e. The Labute approximate surface area is 162 Å². The van der Waals surface area contributed by atoms with Crippen molar-refractivity contribution < 1.29 is 9.47 Å². The van der Waals surface area contributed by atoms with E-state index in [2.05, 4.69) is 25.8 Å². The predicted octanol–water partition coefficient (Wildman–Crippen LogP) is 4.65. The standard InChI is InChI=1S/C19H20ClN5O2/c1-11-7-12(2)18(14(20)8-11)23-17-10-21-25-19(24-17)22-15-6-5-13(26-3)9-16(15)27-4/h5-10H,1-4H3,(H2,22,23,24,25). The predicted molar refractivity (Wildman–Crippen MR) is 107 cm³/mol. The van der Waals surface area contributed by atoms with Crippen LogP contribution in [-0.4, -0.2) is 29.4 Å². The number of aromatic nitrogens is 3. The van der Waals surface area contributed by atoms with Crippen LogP contribution in [0.3, 0.4) is 0 Å². The van der Waals surface area contributed by atoms with Crippen LogP contribution in [0.5, 0.6) is 11.5 Å². The minimum atomic E-state index is 0.323. The first-order valence-corrected chi connectivity index (χ1v) is 8.60. The van der Waals surface area contributed by atoms with Gasteiger partial charge in [0.1, 0.15) is 11.5 Å². The zero-order chi connectivity index (χ0) is 19.4. The second-order valence-corrected chi connectivity index (χ2v) is 6.33. The van der Waals surface area contributed by atoms with Gasteiger partial charge in [-0.25, -0.2) is 0 Å². The van der Waals surface area contributed by atoms with Crippen molar-refractivity contribution in [3.8, 4) is 11.5 Å². The first-order chi connectivity index (χ1) is 13.0. The van der Waals surface area contributed by atoms with E-state index in [1.807, 2.05) is 38.1 Å². The fraction of sp³-hybridized carbons (Fsp3) is 0.211. The molecule has 0 fully saturated rings. The summed E-state index contributed by atoms with van der Waals surface area (Å²) in [5.41, 5.74) is 3.60. The number of nitrogens with one attached hydrogen (secondary N) is 2. The molecule has 0 spiro atoms. The average molecular weight is 386 g/mol. The van der Waals surface area contributed by atoms with E-state index in [1.165, 1.54) is 6.20 Å². The van der Waals surface area contributed by atoms with Gasteiger partial charge in [0, 0.05) is 6.07 Å². The molecule has 2 N–H and O–H groups in total. The minimum absolute atomic E-state index is 0.323. The second kappa shape index (κ2) is 8.09. The van der Waals surface area contributed by atoms with E-state index in [9.17, 15) is 0 Å². The van der Waals surface area contributed by atoms with Crippen LogP contribution in [0, 0.1) is 13.8 Å². The molecular weight excluding hydrogens is 366 g/mol. The fourth-order valence-electron chi connectivity index (χ4n) is 2.64. The summed E-state index contributed by atoms with van der Waals surface area (Å²) in [5, 5.41) is 14.9. The van der Waals surface area contributed by atoms with Gasteiger partial charge in [-0.05, 0) is 43.2 Å². The van der Waals surface area contributed by atoms with Crippen LogP contribution in [0.1, 0.15) is 11.1 Å². The molecule has 0 aliphatic rings. The Kier molecular flexibility index (Phi) is 5.61. The normalized spacial score (nSPS) is 10.4. The highest BCUT2D eigenvalue weighted by molar-refractivity contribution is 6.33. The summed E-state index contributed by atoms with van der Waals surface area (Å²) >= 11 is 6.35. The maximum absolute atomic E-state index is 6.35. The molecule has 0 aliphatic heterocycles. The number of methoxy groups -OCH3 is 2. The monoisotopic (exact) mass is 385 g/mol. The van der Waals surface area contributed by atoms with Crippen LogP contribution in [-0.2, 0) is 0 Å². The van der Waals surface area contributed by atoms with E-state index < -0.39 is 0 Å². The lowest BCUT2D eigenvalue weighted by molar-refractivity contribution is 0.395. The Bertz CT molecular complexity index is 942. The Balaban J connectivity index is 1.85. The maximum Gasteiger partial charge on any atom is 0.249 e. The Hall–Kier alpha value is -3.06. The zero-order valence-corrected chi connectivity index (χ0v) is 16.3. The highest BCUT2D eigenvalue weighted by atomic mass is 35.5. The molecule has 0 amide bonds. The molecule has 0 saturated heterocycles. The van der Waals surface area contributed by atoms with Crippen LogP contribution >= 0.6 is 11.6 Å². The quantitative estimate of drug-likeness (QED) is 0.639. The number of hydrogen-bond donors (Lipinski definition) is 2. The third kappa shape index (κ3) is 4.38. The molecule has 3 rings (SSSR count). The van der Waals surface area contributed by atoms with E-state index in [0.29, 0.717) is 34.0 Å². The lowest BCUT2D eigenvalue weighted by Gasteiger charge is -2.13. The summed E-state index contributed by atoms with van der Waals surface area (Å²) in [6.45, 7) is 3.98. The van der Waals surface area contributed by atoms with Crippen molar-refractivity contribution in [3.63, 3.8) is 0 Å². The van der Waals surface area contributed by atoms with Crippen molar-refractivity contribution in [1.29, 1.82) is 0 Å². The molecule has 27 heavy (non-hydrogen) atoms. The third-order valence-corrected chi connectivity index (χ3v) is 4.20. The molecule has 0 saturated carbocycles. The Morgan fingerprint density at radius 2 is 1.81 bits per heavy atom. The first-order valence-electron chi connectivity index (χ1n) is 8.22. The average Bonchev–Trinajstić information content (AvgIpc) is 2.65. The molecule has 0 radical (unpaired) electrons. The van der Waals surface area contributed by atoms with E-state index in [1.54, 1.807) is 20.3 Å². The molecule has 1 heterocycles. The van der Waals surface area contributed by atoms with Crippen LogP contribution in [0.4, 0.5) is 23.1 Å². The van der Waals surface area contributed by atoms with Crippen LogP contribution in [0.2, 0.25) is 5.02 Å². The van der Waals surface area contributed by atoms with Gasteiger partial charge in [0.2, 0.25) is 5.95 Å². The molecule has 0 atom stereocenters. The van der Waals surface area contributed by atoms with Gasteiger partial charge in [-0.2, -0.15) is 10.1 Å². The fourth-order valence-corrected chi connectivity index (χ4v) is 3.01. The summed E-state index contributed by atoms with van der Waals surface area (Å²) in [7, 11) is 3.18. The maximum atomic E-state index is 6.35. The molecule has 1 aromatic heterocycles. The van der Waals surface area contributed by atoms with Gasteiger partial charge < -0.3 is 20.1 Å². The topological polar surface area (TPSA) is 81.2 Å². The molecule has 140 valence electrons. The van der Waals surface area contributed by atoms with Crippen molar-refractivity contribution in [2.75, 3.05) is 24.9 Å². The molecule has 2 aromatic carbocycles. The second-order valence-electron chi connectivity index (χ2n) is 5.92. The smallest absolute Gasteiger partial charge is 0.249 e. The summed E-state index contributed by atoms with van der Waals surface area (Å²) in [6.07, 6.45) is 1.53. The lowest BCUT2D eigenvalue weighted by Crippen LogP contribution is -2.04. The van der Waals surface area contributed by atoms with E-state index in [4.69, 9.17) is 21.1 Å². The van der Waals surface area contributed by atoms with Crippen LogP contribution in [0.25, 0.3) is 0 Å². The van der Waals surface area contributed by atoms with Gasteiger partial charge in [0.15, 0.2) is 5.82 Å². The van der Waals surface area contributed by atoms with Crippen molar-refractivity contribution in [1.82, 2.24) is 15.2 Å². The minimum Gasteiger partial charge on any atom is -0.497 e. The van der Waals surface area contributed by atoms with Gasteiger partial charge >= 0.3 is 0 Å². The van der Waals surface area contributed by atoms with Crippen LogP contribution in [0.15, 0.2) is 36.5 Å².